The smallest absolute Gasteiger partial charge is 0.0492 e. The first-order valence-electron chi connectivity index (χ1n) is 4.97. The lowest BCUT2D eigenvalue weighted by Crippen LogP contribution is -2.24. The Labute approximate surface area is 90.4 Å². The minimum atomic E-state index is 0.545. The Morgan fingerprint density at radius 2 is 2.43 bits per heavy atom. The molecule has 80 valence electrons. The second-order valence-electron chi connectivity index (χ2n) is 3.66. The number of rotatable bonds is 6. The number of hydrogen-bond donors (Lipinski definition) is 1. The van der Waals surface area contributed by atoms with Gasteiger partial charge in [0.25, 0.3) is 0 Å². The molecule has 1 N–H and O–H groups in total. The number of nitrogens with one attached hydrogen (secondary N) is 1. The number of alkyl halides is 1. The Kier molecular flexibility index (Phi) is 4.98. The third kappa shape index (κ3) is 3.68. The lowest BCUT2D eigenvalue weighted by Gasteiger charge is -2.08. The summed E-state index contributed by atoms with van der Waals surface area (Å²) in [6, 6.07) is 2.05. The van der Waals surface area contributed by atoms with Crippen LogP contribution in [0.5, 0.6) is 0 Å². The average molecular weight is 216 g/mol. The molecule has 0 fully saturated rings. The number of hydrogen-bond acceptors (Lipinski definition) is 2. The highest BCUT2D eigenvalue weighted by Crippen LogP contribution is 1.97. The quantitative estimate of drug-likeness (QED) is 0.575. The summed E-state index contributed by atoms with van der Waals surface area (Å²) in [5.41, 5.74) is 1.26. The summed E-state index contributed by atoms with van der Waals surface area (Å²) in [5, 5.41) is 7.49. The number of aromatic nitrogens is 2. The van der Waals surface area contributed by atoms with Crippen LogP contribution < -0.4 is 5.32 Å². The SMILES string of the molecule is CC(CCl)CNCCc1ccnn1C. The van der Waals surface area contributed by atoms with E-state index in [9.17, 15) is 0 Å². The zero-order valence-corrected chi connectivity index (χ0v) is 9.59. The molecule has 1 heterocycles. The van der Waals surface area contributed by atoms with Gasteiger partial charge in [-0.15, -0.1) is 11.6 Å². The molecule has 0 saturated heterocycles. The lowest BCUT2D eigenvalue weighted by molar-refractivity contribution is 0.551. The predicted molar refractivity (Wildman–Crippen MR) is 59.7 cm³/mol. The zero-order valence-electron chi connectivity index (χ0n) is 8.83. The minimum Gasteiger partial charge on any atom is -0.316 e. The summed E-state index contributed by atoms with van der Waals surface area (Å²) in [6.07, 6.45) is 2.85. The van der Waals surface area contributed by atoms with E-state index in [0.29, 0.717) is 5.92 Å². The van der Waals surface area contributed by atoms with Crippen molar-refractivity contribution in [3.8, 4) is 0 Å². The van der Waals surface area contributed by atoms with Gasteiger partial charge in [-0.25, -0.2) is 0 Å². The van der Waals surface area contributed by atoms with Gasteiger partial charge in [0.15, 0.2) is 0 Å². The maximum absolute atomic E-state index is 5.70. The fourth-order valence-electron chi connectivity index (χ4n) is 1.27. The van der Waals surface area contributed by atoms with E-state index in [1.165, 1.54) is 5.69 Å². The van der Waals surface area contributed by atoms with Crippen molar-refractivity contribution in [3.05, 3.63) is 18.0 Å². The molecule has 0 amide bonds. The molecule has 1 aromatic rings. The van der Waals surface area contributed by atoms with Gasteiger partial charge >= 0.3 is 0 Å². The molecule has 1 rings (SSSR count). The molecule has 0 aromatic carbocycles. The van der Waals surface area contributed by atoms with Crippen LogP contribution in [0.1, 0.15) is 12.6 Å². The van der Waals surface area contributed by atoms with Gasteiger partial charge in [0.05, 0.1) is 0 Å². The maximum Gasteiger partial charge on any atom is 0.0492 e. The van der Waals surface area contributed by atoms with Crippen molar-refractivity contribution in [1.82, 2.24) is 15.1 Å². The van der Waals surface area contributed by atoms with E-state index in [1.807, 2.05) is 24.0 Å². The van der Waals surface area contributed by atoms with Gasteiger partial charge in [-0.1, -0.05) is 6.92 Å². The van der Waals surface area contributed by atoms with E-state index < -0.39 is 0 Å². The molecule has 0 bridgehead atoms. The number of aryl methyl sites for hydroxylation is 1. The van der Waals surface area contributed by atoms with Crippen LogP contribution >= 0.6 is 11.6 Å². The Morgan fingerprint density at radius 3 is 3.00 bits per heavy atom. The van der Waals surface area contributed by atoms with Crippen LogP contribution in [0, 0.1) is 5.92 Å². The van der Waals surface area contributed by atoms with Crippen LogP contribution in [-0.4, -0.2) is 28.8 Å². The van der Waals surface area contributed by atoms with E-state index >= 15 is 0 Å². The van der Waals surface area contributed by atoms with Gasteiger partial charge < -0.3 is 5.32 Å². The first-order valence-corrected chi connectivity index (χ1v) is 5.51. The summed E-state index contributed by atoms with van der Waals surface area (Å²) < 4.78 is 1.91. The molecular weight excluding hydrogens is 198 g/mol. The molecule has 14 heavy (non-hydrogen) atoms. The topological polar surface area (TPSA) is 29.9 Å². The van der Waals surface area contributed by atoms with Crippen molar-refractivity contribution >= 4 is 11.6 Å². The molecule has 0 radical (unpaired) electrons. The van der Waals surface area contributed by atoms with Crippen LogP contribution in [0.3, 0.4) is 0 Å². The van der Waals surface area contributed by atoms with E-state index in [4.69, 9.17) is 11.6 Å². The van der Waals surface area contributed by atoms with Crippen LogP contribution in [0.25, 0.3) is 0 Å². The molecule has 0 aliphatic heterocycles. The zero-order chi connectivity index (χ0) is 10.4. The van der Waals surface area contributed by atoms with Crippen LogP contribution in [0.4, 0.5) is 0 Å². The second-order valence-corrected chi connectivity index (χ2v) is 3.97. The third-order valence-electron chi connectivity index (χ3n) is 2.24. The van der Waals surface area contributed by atoms with Crippen molar-refractivity contribution in [2.24, 2.45) is 13.0 Å². The fourth-order valence-corrected chi connectivity index (χ4v) is 1.38. The van der Waals surface area contributed by atoms with E-state index in [0.717, 1.165) is 25.4 Å². The van der Waals surface area contributed by atoms with Crippen LogP contribution in [-0.2, 0) is 13.5 Å². The summed E-state index contributed by atoms with van der Waals surface area (Å²) in [6.45, 7) is 4.12. The fraction of sp³-hybridized carbons (Fsp3) is 0.700. The van der Waals surface area contributed by atoms with Crippen molar-refractivity contribution in [1.29, 1.82) is 0 Å². The van der Waals surface area contributed by atoms with Crippen molar-refractivity contribution in [3.63, 3.8) is 0 Å². The summed E-state index contributed by atoms with van der Waals surface area (Å²) in [4.78, 5) is 0. The largest absolute Gasteiger partial charge is 0.316 e. The molecular formula is C10H18ClN3. The van der Waals surface area contributed by atoms with Crippen molar-refractivity contribution in [2.45, 2.75) is 13.3 Å². The average Bonchev–Trinajstić information content (AvgIpc) is 2.58. The maximum atomic E-state index is 5.70. The van der Waals surface area contributed by atoms with Gasteiger partial charge in [-0.3, -0.25) is 4.68 Å². The van der Waals surface area contributed by atoms with Crippen molar-refractivity contribution < 1.29 is 0 Å². The Balaban J connectivity index is 2.13. The molecule has 0 aliphatic rings. The molecule has 1 aromatic heterocycles. The summed E-state index contributed by atoms with van der Waals surface area (Å²) >= 11 is 5.70. The van der Waals surface area contributed by atoms with Gasteiger partial charge in [0.2, 0.25) is 0 Å². The van der Waals surface area contributed by atoms with Crippen molar-refractivity contribution in [2.75, 3.05) is 19.0 Å². The van der Waals surface area contributed by atoms with Gasteiger partial charge in [0, 0.05) is 37.8 Å². The normalized spacial score (nSPS) is 13.1. The van der Waals surface area contributed by atoms with Gasteiger partial charge in [0.1, 0.15) is 0 Å². The third-order valence-corrected chi connectivity index (χ3v) is 2.76. The van der Waals surface area contributed by atoms with E-state index in [-0.39, 0.29) is 0 Å². The summed E-state index contributed by atoms with van der Waals surface area (Å²) in [7, 11) is 1.97. The van der Waals surface area contributed by atoms with Crippen LogP contribution in [0.15, 0.2) is 12.3 Å². The molecule has 4 heteroatoms. The molecule has 0 saturated carbocycles. The highest BCUT2D eigenvalue weighted by atomic mass is 35.5. The Morgan fingerprint density at radius 1 is 1.64 bits per heavy atom. The van der Waals surface area contributed by atoms with E-state index in [2.05, 4.69) is 17.3 Å². The highest BCUT2D eigenvalue weighted by molar-refractivity contribution is 6.18. The standard InChI is InChI=1S/C10H18ClN3/c1-9(7-11)8-12-5-3-10-4-6-13-14(10)2/h4,6,9,12H,3,5,7-8H2,1-2H3. The molecule has 1 atom stereocenters. The number of nitrogens with zero attached hydrogens (tertiary/aromatic N) is 2. The summed E-state index contributed by atoms with van der Waals surface area (Å²) in [5.74, 6) is 1.27. The second kappa shape index (κ2) is 6.04. The highest BCUT2D eigenvalue weighted by Gasteiger charge is 2.00. The molecule has 3 nitrogen and oxygen atoms in total. The Hall–Kier alpha value is -0.540. The minimum absolute atomic E-state index is 0.545. The predicted octanol–water partition coefficient (Wildman–Crippen LogP) is 1.43. The Bertz CT molecular complexity index is 260. The first kappa shape index (κ1) is 11.5. The first-order chi connectivity index (χ1) is 6.74. The number of halogens is 1. The molecule has 1 unspecified atom stereocenters. The van der Waals surface area contributed by atoms with Crippen LogP contribution in [0.2, 0.25) is 0 Å². The van der Waals surface area contributed by atoms with Gasteiger partial charge in [-0.05, 0) is 18.5 Å². The lowest BCUT2D eigenvalue weighted by atomic mass is 10.2. The monoisotopic (exact) mass is 215 g/mol. The van der Waals surface area contributed by atoms with Gasteiger partial charge in [-0.2, -0.15) is 5.10 Å². The molecule has 0 aliphatic carbocycles. The van der Waals surface area contributed by atoms with E-state index in [1.54, 1.807) is 0 Å². The molecule has 0 spiro atoms.